The highest BCUT2D eigenvalue weighted by Crippen LogP contribution is 2.14. The van der Waals surface area contributed by atoms with Crippen LogP contribution in [-0.2, 0) is 22.3 Å². The van der Waals surface area contributed by atoms with Crippen LogP contribution in [0.4, 0.5) is 0 Å². The molecule has 0 bridgehead atoms. The average molecular weight is 294 g/mol. The standard InChI is InChI=1S/C15H22N2O2S/c1-14(2,3)20(18)17-15(4,11-16)12-19-10-13-8-6-5-7-9-13/h5-9,17H,10,12H2,1-4H3/t15-,20+/m0/s1. The van der Waals surface area contributed by atoms with Crippen LogP contribution in [0.15, 0.2) is 30.3 Å². The fraction of sp³-hybridized carbons (Fsp3) is 0.533. The number of rotatable bonds is 6. The highest BCUT2D eigenvalue weighted by molar-refractivity contribution is 7.84. The molecule has 5 heteroatoms. The predicted molar refractivity (Wildman–Crippen MR) is 81.1 cm³/mol. The lowest BCUT2D eigenvalue weighted by Crippen LogP contribution is -2.50. The topological polar surface area (TPSA) is 62.1 Å². The fourth-order valence-corrected chi connectivity index (χ4v) is 2.21. The van der Waals surface area contributed by atoms with E-state index in [1.165, 1.54) is 0 Å². The minimum atomic E-state index is -1.31. The van der Waals surface area contributed by atoms with Gasteiger partial charge in [-0.2, -0.15) is 5.26 Å². The summed E-state index contributed by atoms with van der Waals surface area (Å²) in [5, 5.41) is 9.27. The summed E-state index contributed by atoms with van der Waals surface area (Å²) in [5.74, 6) is 0. The van der Waals surface area contributed by atoms with Crippen LogP contribution in [0.5, 0.6) is 0 Å². The molecule has 0 saturated heterocycles. The van der Waals surface area contributed by atoms with E-state index < -0.39 is 21.3 Å². The summed E-state index contributed by atoms with van der Waals surface area (Å²) in [6, 6.07) is 11.9. The molecule has 0 radical (unpaired) electrons. The molecular formula is C15H22N2O2S. The summed E-state index contributed by atoms with van der Waals surface area (Å²) in [6.45, 7) is 7.89. The second kappa shape index (κ2) is 6.98. The van der Waals surface area contributed by atoms with E-state index in [4.69, 9.17) is 4.74 Å². The Morgan fingerprint density at radius 1 is 1.25 bits per heavy atom. The van der Waals surface area contributed by atoms with Crippen molar-refractivity contribution in [2.45, 2.75) is 44.6 Å². The first-order valence-electron chi connectivity index (χ1n) is 6.49. The molecule has 2 atom stereocenters. The van der Waals surface area contributed by atoms with Crippen LogP contribution in [0.2, 0.25) is 0 Å². The van der Waals surface area contributed by atoms with E-state index in [0.29, 0.717) is 6.61 Å². The lowest BCUT2D eigenvalue weighted by molar-refractivity contribution is 0.0908. The molecule has 1 aromatic carbocycles. The maximum absolute atomic E-state index is 12.1. The number of nitrogens with one attached hydrogen (secondary N) is 1. The first kappa shape index (κ1) is 16.8. The largest absolute Gasteiger partial charge is 0.374 e. The van der Waals surface area contributed by atoms with Crippen molar-refractivity contribution in [1.29, 1.82) is 5.26 Å². The van der Waals surface area contributed by atoms with Crippen LogP contribution in [0.1, 0.15) is 33.3 Å². The Bertz CT molecular complexity index is 491. The van der Waals surface area contributed by atoms with Crippen molar-refractivity contribution >= 4 is 11.0 Å². The van der Waals surface area contributed by atoms with E-state index in [2.05, 4.69) is 10.8 Å². The molecule has 0 unspecified atom stereocenters. The molecule has 0 heterocycles. The van der Waals surface area contributed by atoms with E-state index in [1.54, 1.807) is 6.92 Å². The fourth-order valence-electron chi connectivity index (χ4n) is 1.39. The summed E-state index contributed by atoms with van der Waals surface area (Å²) in [5.41, 5.74) is 0.0807. The van der Waals surface area contributed by atoms with Crippen molar-refractivity contribution in [2.75, 3.05) is 6.61 Å². The summed E-state index contributed by atoms with van der Waals surface area (Å²) < 4.78 is 20.1. The van der Waals surface area contributed by atoms with Crippen LogP contribution in [0, 0.1) is 11.3 Å². The van der Waals surface area contributed by atoms with Gasteiger partial charge in [0, 0.05) is 0 Å². The molecule has 1 rings (SSSR count). The van der Waals surface area contributed by atoms with E-state index in [0.717, 1.165) is 5.56 Å². The molecule has 0 aromatic heterocycles. The van der Waals surface area contributed by atoms with Gasteiger partial charge in [-0.25, -0.2) is 8.93 Å². The van der Waals surface area contributed by atoms with Gasteiger partial charge in [-0.3, -0.25) is 0 Å². The van der Waals surface area contributed by atoms with Crippen molar-refractivity contribution in [1.82, 2.24) is 4.72 Å². The molecule has 0 aliphatic carbocycles. The van der Waals surface area contributed by atoms with Crippen molar-refractivity contribution in [3.63, 3.8) is 0 Å². The van der Waals surface area contributed by atoms with Gasteiger partial charge in [0.25, 0.3) is 0 Å². The minimum absolute atomic E-state index is 0.181. The third-order valence-electron chi connectivity index (χ3n) is 2.62. The summed E-state index contributed by atoms with van der Waals surface area (Å²) in [7, 11) is -1.31. The zero-order chi connectivity index (χ0) is 15.2. The zero-order valence-corrected chi connectivity index (χ0v) is 13.3. The Balaban J connectivity index is 2.54. The van der Waals surface area contributed by atoms with Crippen LogP contribution in [0.25, 0.3) is 0 Å². The van der Waals surface area contributed by atoms with Gasteiger partial charge in [0.2, 0.25) is 0 Å². The number of benzene rings is 1. The summed E-state index contributed by atoms with van der Waals surface area (Å²) >= 11 is 0. The van der Waals surface area contributed by atoms with Gasteiger partial charge in [0.05, 0.1) is 35.0 Å². The van der Waals surface area contributed by atoms with E-state index in [1.807, 2.05) is 51.1 Å². The van der Waals surface area contributed by atoms with Gasteiger partial charge in [0.15, 0.2) is 0 Å². The van der Waals surface area contributed by atoms with Crippen molar-refractivity contribution in [3.8, 4) is 6.07 Å². The number of hydrogen-bond donors (Lipinski definition) is 1. The third-order valence-corrected chi connectivity index (χ3v) is 4.37. The second-order valence-electron chi connectivity index (χ2n) is 5.91. The second-order valence-corrected chi connectivity index (χ2v) is 7.87. The molecule has 110 valence electrons. The highest BCUT2D eigenvalue weighted by atomic mass is 32.2. The lowest BCUT2D eigenvalue weighted by atomic mass is 10.1. The van der Waals surface area contributed by atoms with Gasteiger partial charge >= 0.3 is 0 Å². The van der Waals surface area contributed by atoms with Crippen LogP contribution >= 0.6 is 0 Å². The zero-order valence-electron chi connectivity index (χ0n) is 12.5. The number of nitriles is 1. The molecule has 4 nitrogen and oxygen atoms in total. The van der Waals surface area contributed by atoms with Crippen molar-refractivity contribution < 1.29 is 8.95 Å². The van der Waals surface area contributed by atoms with Gasteiger partial charge < -0.3 is 4.74 Å². The van der Waals surface area contributed by atoms with Crippen molar-refractivity contribution in [3.05, 3.63) is 35.9 Å². The Kier molecular flexibility index (Phi) is 5.88. The van der Waals surface area contributed by atoms with Crippen LogP contribution < -0.4 is 4.72 Å². The predicted octanol–water partition coefficient (Wildman–Crippen LogP) is 2.54. The van der Waals surface area contributed by atoms with E-state index in [-0.39, 0.29) is 6.61 Å². The van der Waals surface area contributed by atoms with Gasteiger partial charge in [-0.05, 0) is 33.3 Å². The van der Waals surface area contributed by atoms with E-state index >= 15 is 0 Å². The van der Waals surface area contributed by atoms with Crippen LogP contribution in [0.3, 0.4) is 0 Å². The molecule has 0 fully saturated rings. The first-order valence-corrected chi connectivity index (χ1v) is 7.64. The highest BCUT2D eigenvalue weighted by Gasteiger charge is 2.31. The number of ether oxygens (including phenoxy) is 1. The molecule has 0 spiro atoms. The van der Waals surface area contributed by atoms with Gasteiger partial charge in [-0.1, -0.05) is 30.3 Å². The Labute approximate surface area is 123 Å². The van der Waals surface area contributed by atoms with Gasteiger partial charge in [0.1, 0.15) is 5.54 Å². The summed E-state index contributed by atoms with van der Waals surface area (Å²) in [6.07, 6.45) is 0. The smallest absolute Gasteiger partial charge is 0.138 e. The molecule has 1 N–H and O–H groups in total. The maximum atomic E-state index is 12.1. The maximum Gasteiger partial charge on any atom is 0.138 e. The lowest BCUT2D eigenvalue weighted by Gasteiger charge is -2.27. The summed E-state index contributed by atoms with van der Waals surface area (Å²) in [4.78, 5) is 0. The average Bonchev–Trinajstić information content (AvgIpc) is 2.39. The monoisotopic (exact) mass is 294 g/mol. The number of hydrogen-bond acceptors (Lipinski definition) is 3. The van der Waals surface area contributed by atoms with E-state index in [9.17, 15) is 9.47 Å². The molecule has 1 aromatic rings. The normalized spacial score (nSPS) is 16.1. The molecule has 20 heavy (non-hydrogen) atoms. The quantitative estimate of drug-likeness (QED) is 0.877. The molecule has 0 aliphatic rings. The first-order chi connectivity index (χ1) is 9.27. The SMILES string of the molecule is CC(C)(C)[S@@](=O)N[C@@](C)(C#N)COCc1ccccc1. The van der Waals surface area contributed by atoms with Crippen LogP contribution in [-0.4, -0.2) is 21.1 Å². The Morgan fingerprint density at radius 3 is 2.35 bits per heavy atom. The minimum Gasteiger partial charge on any atom is -0.374 e. The molecule has 0 saturated carbocycles. The third kappa shape index (κ3) is 5.41. The van der Waals surface area contributed by atoms with Gasteiger partial charge in [-0.15, -0.1) is 0 Å². The Hall–Kier alpha value is -1.22. The molecule has 0 amide bonds. The van der Waals surface area contributed by atoms with Crippen molar-refractivity contribution in [2.24, 2.45) is 0 Å². The molecular weight excluding hydrogens is 272 g/mol. The number of nitrogens with zero attached hydrogens (tertiary/aromatic N) is 1. The molecule has 0 aliphatic heterocycles. The Morgan fingerprint density at radius 2 is 1.85 bits per heavy atom.